The van der Waals surface area contributed by atoms with E-state index in [-0.39, 0.29) is 0 Å². The lowest BCUT2D eigenvalue weighted by Gasteiger charge is -2.03. The van der Waals surface area contributed by atoms with Crippen LogP contribution in [0.4, 0.5) is 0 Å². The van der Waals surface area contributed by atoms with Gasteiger partial charge in [0.05, 0.1) is 5.75 Å². The molecule has 3 nitrogen and oxygen atoms in total. The third-order valence-electron chi connectivity index (χ3n) is 2.57. The smallest absolute Gasteiger partial charge is 0.339 e. The number of furan rings is 1. The second kappa shape index (κ2) is 5.48. The second-order valence-electron chi connectivity index (χ2n) is 4.61. The van der Waals surface area contributed by atoms with Gasteiger partial charge in [0, 0.05) is 5.39 Å². The highest BCUT2D eigenvalue weighted by Gasteiger charge is 2.19. The summed E-state index contributed by atoms with van der Waals surface area (Å²) in [5.41, 5.74) is 0.955. The average molecular weight is 264 g/mol. The molecule has 4 heteroatoms. The number of hydrogen-bond donors (Lipinski definition) is 1. The molecule has 0 atom stereocenters. The Kier molecular flexibility index (Phi) is 3.97. The monoisotopic (exact) mass is 264 g/mol. The van der Waals surface area contributed by atoms with Crippen LogP contribution in [-0.2, 0) is 5.75 Å². The van der Waals surface area contributed by atoms with Crippen LogP contribution in [0.1, 0.15) is 30.0 Å². The summed E-state index contributed by atoms with van der Waals surface area (Å²) >= 11 is 1.70. The quantitative estimate of drug-likeness (QED) is 0.886. The Hall–Kier alpha value is -1.42. The van der Waals surface area contributed by atoms with Crippen molar-refractivity contribution in [2.75, 3.05) is 5.75 Å². The maximum Gasteiger partial charge on any atom is 0.339 e. The molecule has 1 heterocycles. The van der Waals surface area contributed by atoms with Gasteiger partial charge in [0.25, 0.3) is 0 Å². The molecule has 0 aliphatic heterocycles. The van der Waals surface area contributed by atoms with Gasteiger partial charge in [-0.3, -0.25) is 0 Å². The van der Waals surface area contributed by atoms with Gasteiger partial charge in [0.15, 0.2) is 0 Å². The van der Waals surface area contributed by atoms with Crippen molar-refractivity contribution in [2.45, 2.75) is 19.6 Å². The average Bonchev–Trinajstić information content (AvgIpc) is 2.66. The van der Waals surface area contributed by atoms with Crippen molar-refractivity contribution in [3.05, 3.63) is 35.6 Å². The highest BCUT2D eigenvalue weighted by molar-refractivity contribution is 7.98. The van der Waals surface area contributed by atoms with Crippen LogP contribution in [0.3, 0.4) is 0 Å². The van der Waals surface area contributed by atoms with Crippen LogP contribution in [-0.4, -0.2) is 16.8 Å². The Morgan fingerprint density at radius 1 is 1.39 bits per heavy atom. The number of carboxylic acids is 1. The lowest BCUT2D eigenvalue weighted by Crippen LogP contribution is -1.99. The molecular formula is C14H16O3S. The Bertz CT molecular complexity index is 557. The summed E-state index contributed by atoms with van der Waals surface area (Å²) in [5.74, 6) is 1.84. The number of carboxylic acid groups (broad SMARTS) is 1. The summed E-state index contributed by atoms with van der Waals surface area (Å²) in [6.45, 7) is 4.29. The molecule has 0 fully saturated rings. The fourth-order valence-corrected chi connectivity index (χ4v) is 2.80. The number of aromatic carboxylic acids is 1. The molecule has 1 N–H and O–H groups in total. The van der Waals surface area contributed by atoms with Crippen LogP contribution >= 0.6 is 11.8 Å². The van der Waals surface area contributed by atoms with E-state index in [1.165, 1.54) is 0 Å². The van der Waals surface area contributed by atoms with E-state index in [0.29, 0.717) is 34.0 Å². The molecule has 0 bridgehead atoms. The third-order valence-corrected chi connectivity index (χ3v) is 3.94. The van der Waals surface area contributed by atoms with Crippen molar-refractivity contribution in [2.24, 2.45) is 5.92 Å². The number of thioether (sulfide) groups is 1. The van der Waals surface area contributed by atoms with Crippen molar-refractivity contribution < 1.29 is 14.3 Å². The normalized spacial score (nSPS) is 11.3. The predicted octanol–water partition coefficient (Wildman–Crippen LogP) is 4.02. The van der Waals surface area contributed by atoms with Gasteiger partial charge in [-0.1, -0.05) is 32.0 Å². The molecule has 0 radical (unpaired) electrons. The van der Waals surface area contributed by atoms with E-state index < -0.39 is 5.97 Å². The van der Waals surface area contributed by atoms with Gasteiger partial charge in [-0.2, -0.15) is 11.8 Å². The van der Waals surface area contributed by atoms with E-state index >= 15 is 0 Å². The van der Waals surface area contributed by atoms with Crippen LogP contribution in [0.5, 0.6) is 0 Å². The first-order valence-corrected chi connectivity index (χ1v) is 7.06. The summed E-state index contributed by atoms with van der Waals surface area (Å²) in [6.07, 6.45) is 0. The summed E-state index contributed by atoms with van der Waals surface area (Å²) < 4.78 is 5.64. The fraction of sp³-hybridized carbons (Fsp3) is 0.357. The summed E-state index contributed by atoms with van der Waals surface area (Å²) in [4.78, 5) is 11.3. The molecule has 2 rings (SSSR count). The van der Waals surface area contributed by atoms with Gasteiger partial charge in [-0.05, 0) is 17.7 Å². The Labute approximate surface area is 110 Å². The molecule has 0 aliphatic carbocycles. The standard InChI is InChI=1S/C14H16O3S/c1-9(2)7-18-8-12-13(14(15)16)10-5-3-4-6-11(10)17-12/h3-6,9H,7-8H2,1-2H3,(H,15,16). The molecule has 0 spiro atoms. The molecule has 2 aromatic rings. The molecule has 1 aromatic heterocycles. The molecule has 0 aliphatic rings. The lowest BCUT2D eigenvalue weighted by molar-refractivity contribution is 0.0697. The first-order chi connectivity index (χ1) is 8.59. The number of carbonyl (C=O) groups is 1. The van der Waals surface area contributed by atoms with Gasteiger partial charge in [-0.25, -0.2) is 4.79 Å². The first-order valence-electron chi connectivity index (χ1n) is 5.91. The van der Waals surface area contributed by atoms with Crippen LogP contribution in [0.15, 0.2) is 28.7 Å². The number of hydrogen-bond acceptors (Lipinski definition) is 3. The Morgan fingerprint density at radius 2 is 2.11 bits per heavy atom. The van der Waals surface area contributed by atoms with E-state index in [9.17, 15) is 9.90 Å². The third kappa shape index (κ3) is 2.70. The van der Waals surface area contributed by atoms with Gasteiger partial charge < -0.3 is 9.52 Å². The summed E-state index contributed by atoms with van der Waals surface area (Å²) in [7, 11) is 0. The Morgan fingerprint density at radius 3 is 2.78 bits per heavy atom. The van der Waals surface area contributed by atoms with Crippen LogP contribution in [0, 0.1) is 5.92 Å². The highest BCUT2D eigenvalue weighted by atomic mass is 32.2. The second-order valence-corrected chi connectivity index (χ2v) is 5.64. The maximum absolute atomic E-state index is 11.3. The minimum Gasteiger partial charge on any atom is -0.478 e. The molecule has 96 valence electrons. The predicted molar refractivity (Wildman–Crippen MR) is 74.2 cm³/mol. The SMILES string of the molecule is CC(C)CSCc1oc2ccccc2c1C(=O)O. The van der Waals surface area contributed by atoms with E-state index in [1.54, 1.807) is 23.9 Å². The molecule has 18 heavy (non-hydrogen) atoms. The van der Waals surface area contributed by atoms with E-state index in [2.05, 4.69) is 13.8 Å². The molecular weight excluding hydrogens is 248 g/mol. The van der Waals surface area contributed by atoms with E-state index in [0.717, 1.165) is 5.75 Å². The van der Waals surface area contributed by atoms with Gasteiger partial charge in [-0.15, -0.1) is 0 Å². The largest absolute Gasteiger partial charge is 0.478 e. The minimum atomic E-state index is -0.917. The first kappa shape index (κ1) is 13.0. The van der Waals surface area contributed by atoms with Crippen molar-refractivity contribution in [3.8, 4) is 0 Å². The van der Waals surface area contributed by atoms with Crippen molar-refractivity contribution in [1.29, 1.82) is 0 Å². The zero-order valence-corrected chi connectivity index (χ0v) is 11.3. The molecule has 0 unspecified atom stereocenters. The number of fused-ring (bicyclic) bond motifs is 1. The molecule has 0 saturated heterocycles. The number of rotatable bonds is 5. The van der Waals surface area contributed by atoms with Crippen molar-refractivity contribution >= 4 is 28.7 Å². The zero-order chi connectivity index (χ0) is 13.1. The number of para-hydroxylation sites is 1. The molecule has 1 aromatic carbocycles. The highest BCUT2D eigenvalue weighted by Crippen LogP contribution is 2.29. The van der Waals surface area contributed by atoms with Gasteiger partial charge in [0.1, 0.15) is 16.9 Å². The van der Waals surface area contributed by atoms with Gasteiger partial charge in [0.2, 0.25) is 0 Å². The molecule has 0 saturated carbocycles. The van der Waals surface area contributed by atoms with Crippen LogP contribution < -0.4 is 0 Å². The maximum atomic E-state index is 11.3. The number of benzene rings is 1. The zero-order valence-electron chi connectivity index (χ0n) is 10.5. The van der Waals surface area contributed by atoms with Crippen LogP contribution in [0.2, 0.25) is 0 Å². The van der Waals surface area contributed by atoms with Crippen molar-refractivity contribution in [3.63, 3.8) is 0 Å². The molecule has 0 amide bonds. The topological polar surface area (TPSA) is 50.4 Å². The Balaban J connectivity index is 2.31. The van der Waals surface area contributed by atoms with Crippen molar-refractivity contribution in [1.82, 2.24) is 0 Å². The van der Waals surface area contributed by atoms with E-state index in [4.69, 9.17) is 4.42 Å². The van der Waals surface area contributed by atoms with E-state index in [1.807, 2.05) is 12.1 Å². The minimum absolute atomic E-state index is 0.307. The summed E-state index contributed by atoms with van der Waals surface area (Å²) in [6, 6.07) is 7.27. The fourth-order valence-electron chi connectivity index (χ4n) is 1.82. The van der Waals surface area contributed by atoms with Crippen LogP contribution in [0.25, 0.3) is 11.0 Å². The van der Waals surface area contributed by atoms with Gasteiger partial charge >= 0.3 is 5.97 Å². The lowest BCUT2D eigenvalue weighted by atomic mass is 10.1. The summed E-state index contributed by atoms with van der Waals surface area (Å²) in [5, 5.41) is 9.98.